The number of ether oxygens (including phenoxy) is 2. The van der Waals surface area contributed by atoms with E-state index in [-0.39, 0.29) is 24.3 Å². The minimum Gasteiger partial charge on any atom is -0.490 e. The van der Waals surface area contributed by atoms with Crippen molar-refractivity contribution in [2.24, 2.45) is 5.92 Å². The maximum absolute atomic E-state index is 12.5. The van der Waals surface area contributed by atoms with E-state index in [1.165, 1.54) is 0 Å². The quantitative estimate of drug-likeness (QED) is 0.795. The lowest BCUT2D eigenvalue weighted by atomic mass is 9.96. The summed E-state index contributed by atoms with van der Waals surface area (Å²) in [5.41, 5.74) is 0. The molecular weight excluding hydrogens is 358 g/mol. The minimum absolute atomic E-state index is 0.0467. The molecule has 2 aromatic rings. The highest BCUT2D eigenvalue weighted by atomic mass is 16.5. The first kappa shape index (κ1) is 19.7. The first-order chi connectivity index (χ1) is 13.7. The van der Waals surface area contributed by atoms with Crippen molar-refractivity contribution in [2.45, 2.75) is 19.8 Å². The third-order valence-electron chi connectivity index (χ3n) is 4.63. The Hall–Kier alpha value is -3.09. The number of aromatic nitrogens is 1. The number of rotatable bonds is 7. The van der Waals surface area contributed by atoms with Crippen molar-refractivity contribution < 1.29 is 19.1 Å². The molecule has 0 atom stereocenters. The summed E-state index contributed by atoms with van der Waals surface area (Å²) in [6, 6.07) is 12.7. The highest BCUT2D eigenvalue weighted by Crippen LogP contribution is 2.26. The zero-order chi connectivity index (χ0) is 19.8. The largest absolute Gasteiger partial charge is 0.490 e. The van der Waals surface area contributed by atoms with Gasteiger partial charge in [-0.05, 0) is 44.0 Å². The van der Waals surface area contributed by atoms with Crippen LogP contribution in [0.15, 0.2) is 48.7 Å². The van der Waals surface area contributed by atoms with Crippen LogP contribution in [0.3, 0.4) is 0 Å². The molecule has 1 aromatic carbocycles. The number of carbonyl (C=O) groups excluding carboxylic acids is 2. The SMILES string of the molecule is CCOc1ccccc1OCC(=O)N1CCC(C(=O)Nc2ccccn2)CC1. The van der Waals surface area contributed by atoms with Crippen LogP contribution in [0.4, 0.5) is 5.82 Å². The number of hydrogen-bond donors (Lipinski definition) is 1. The van der Waals surface area contributed by atoms with E-state index in [0.717, 1.165) is 0 Å². The van der Waals surface area contributed by atoms with Crippen LogP contribution >= 0.6 is 0 Å². The fourth-order valence-corrected chi connectivity index (χ4v) is 3.13. The van der Waals surface area contributed by atoms with Gasteiger partial charge < -0.3 is 19.7 Å². The van der Waals surface area contributed by atoms with E-state index >= 15 is 0 Å². The lowest BCUT2D eigenvalue weighted by molar-refractivity contribution is -0.136. The molecule has 0 radical (unpaired) electrons. The maximum Gasteiger partial charge on any atom is 0.260 e. The van der Waals surface area contributed by atoms with Crippen LogP contribution in [-0.4, -0.2) is 48.0 Å². The standard InChI is InChI=1S/C21H25N3O4/c1-2-27-17-7-3-4-8-18(17)28-15-20(25)24-13-10-16(11-14-24)21(26)23-19-9-5-6-12-22-19/h3-9,12,16H,2,10-11,13-15H2,1H3,(H,22,23,26). The number of nitrogens with one attached hydrogen (secondary N) is 1. The van der Waals surface area contributed by atoms with Crippen LogP contribution in [0.2, 0.25) is 0 Å². The molecule has 1 fully saturated rings. The second-order valence-corrected chi connectivity index (χ2v) is 6.53. The zero-order valence-corrected chi connectivity index (χ0v) is 16.0. The van der Waals surface area contributed by atoms with E-state index in [0.29, 0.717) is 49.9 Å². The average Bonchev–Trinajstić information content (AvgIpc) is 2.74. The molecule has 0 saturated carbocycles. The van der Waals surface area contributed by atoms with Gasteiger partial charge in [-0.15, -0.1) is 0 Å². The summed E-state index contributed by atoms with van der Waals surface area (Å²) < 4.78 is 11.2. The molecule has 0 bridgehead atoms. The van der Waals surface area contributed by atoms with Gasteiger partial charge in [-0.25, -0.2) is 4.98 Å². The summed E-state index contributed by atoms with van der Waals surface area (Å²) in [6.07, 6.45) is 2.89. The van der Waals surface area contributed by atoms with Crippen molar-refractivity contribution in [2.75, 3.05) is 31.6 Å². The molecule has 7 nitrogen and oxygen atoms in total. The first-order valence-corrected chi connectivity index (χ1v) is 9.51. The smallest absolute Gasteiger partial charge is 0.260 e. The molecule has 1 aliphatic heterocycles. The van der Waals surface area contributed by atoms with Gasteiger partial charge in [0.25, 0.3) is 5.91 Å². The van der Waals surface area contributed by atoms with Crippen molar-refractivity contribution in [3.63, 3.8) is 0 Å². The lowest BCUT2D eigenvalue weighted by Crippen LogP contribution is -2.43. The number of hydrogen-bond acceptors (Lipinski definition) is 5. The summed E-state index contributed by atoms with van der Waals surface area (Å²) >= 11 is 0. The Morgan fingerprint density at radius 2 is 1.75 bits per heavy atom. The molecule has 28 heavy (non-hydrogen) atoms. The van der Waals surface area contributed by atoms with Gasteiger partial charge in [0.15, 0.2) is 18.1 Å². The molecule has 0 unspecified atom stereocenters. The van der Waals surface area contributed by atoms with Crippen LogP contribution in [-0.2, 0) is 9.59 Å². The Bertz CT molecular complexity index is 789. The number of pyridine rings is 1. The first-order valence-electron chi connectivity index (χ1n) is 9.51. The van der Waals surface area contributed by atoms with Crippen molar-refractivity contribution in [3.05, 3.63) is 48.7 Å². The Balaban J connectivity index is 1.45. The van der Waals surface area contributed by atoms with Gasteiger partial charge in [-0.1, -0.05) is 18.2 Å². The Morgan fingerprint density at radius 1 is 1.07 bits per heavy atom. The number of para-hydroxylation sites is 2. The fourth-order valence-electron chi connectivity index (χ4n) is 3.13. The molecule has 148 valence electrons. The number of likely N-dealkylation sites (tertiary alicyclic amines) is 1. The molecule has 0 aliphatic carbocycles. The molecule has 1 N–H and O–H groups in total. The van der Waals surface area contributed by atoms with Crippen LogP contribution in [0.25, 0.3) is 0 Å². The highest BCUT2D eigenvalue weighted by Gasteiger charge is 2.27. The molecule has 2 heterocycles. The molecule has 1 aliphatic rings. The predicted molar refractivity (Wildman–Crippen MR) is 105 cm³/mol. The monoisotopic (exact) mass is 383 g/mol. The minimum atomic E-state index is -0.120. The molecule has 3 rings (SSSR count). The van der Waals surface area contributed by atoms with Crippen LogP contribution in [0, 0.1) is 5.92 Å². The molecule has 0 spiro atoms. The summed E-state index contributed by atoms with van der Waals surface area (Å²) in [6.45, 7) is 3.46. The van der Waals surface area contributed by atoms with Crippen molar-refractivity contribution in [3.8, 4) is 11.5 Å². The number of benzene rings is 1. The fraction of sp³-hybridized carbons (Fsp3) is 0.381. The summed E-state index contributed by atoms with van der Waals surface area (Å²) in [5, 5.41) is 2.83. The van der Waals surface area contributed by atoms with E-state index in [1.54, 1.807) is 29.3 Å². The van der Waals surface area contributed by atoms with Crippen molar-refractivity contribution in [1.82, 2.24) is 9.88 Å². The van der Waals surface area contributed by atoms with Gasteiger partial charge in [-0.2, -0.15) is 0 Å². The topological polar surface area (TPSA) is 80.8 Å². The van der Waals surface area contributed by atoms with E-state index in [1.807, 2.05) is 31.2 Å². The molecule has 1 aromatic heterocycles. The molecular formula is C21H25N3O4. The zero-order valence-electron chi connectivity index (χ0n) is 16.0. The summed E-state index contributed by atoms with van der Waals surface area (Å²) in [4.78, 5) is 30.7. The number of amides is 2. The molecule has 2 amide bonds. The Labute approximate surface area is 164 Å². The predicted octanol–water partition coefficient (Wildman–Crippen LogP) is 2.74. The van der Waals surface area contributed by atoms with E-state index in [4.69, 9.17) is 9.47 Å². The number of anilines is 1. The van der Waals surface area contributed by atoms with E-state index < -0.39 is 0 Å². The molecule has 1 saturated heterocycles. The Kier molecular flexibility index (Phi) is 6.84. The van der Waals surface area contributed by atoms with Gasteiger partial charge in [-0.3, -0.25) is 9.59 Å². The second kappa shape index (κ2) is 9.73. The lowest BCUT2D eigenvalue weighted by Gasteiger charge is -2.31. The number of piperidine rings is 1. The number of nitrogens with zero attached hydrogens (tertiary/aromatic N) is 2. The summed E-state index contributed by atoms with van der Waals surface area (Å²) in [5.74, 6) is 1.48. The van der Waals surface area contributed by atoms with Gasteiger partial charge in [0.1, 0.15) is 5.82 Å². The van der Waals surface area contributed by atoms with Gasteiger partial charge in [0.2, 0.25) is 5.91 Å². The average molecular weight is 383 g/mol. The van der Waals surface area contributed by atoms with E-state index in [9.17, 15) is 9.59 Å². The van der Waals surface area contributed by atoms with Crippen LogP contribution < -0.4 is 14.8 Å². The van der Waals surface area contributed by atoms with Gasteiger partial charge in [0.05, 0.1) is 6.61 Å². The van der Waals surface area contributed by atoms with Crippen LogP contribution in [0.1, 0.15) is 19.8 Å². The highest BCUT2D eigenvalue weighted by molar-refractivity contribution is 5.91. The van der Waals surface area contributed by atoms with Gasteiger partial charge in [0, 0.05) is 25.2 Å². The Morgan fingerprint density at radius 3 is 2.39 bits per heavy atom. The van der Waals surface area contributed by atoms with Gasteiger partial charge >= 0.3 is 0 Å². The third kappa shape index (κ3) is 5.22. The number of carbonyl (C=O) groups is 2. The third-order valence-corrected chi connectivity index (χ3v) is 4.63. The van der Waals surface area contributed by atoms with Crippen molar-refractivity contribution >= 4 is 17.6 Å². The normalized spacial score (nSPS) is 14.4. The maximum atomic E-state index is 12.5. The van der Waals surface area contributed by atoms with E-state index in [2.05, 4.69) is 10.3 Å². The second-order valence-electron chi connectivity index (χ2n) is 6.53. The van der Waals surface area contributed by atoms with Crippen molar-refractivity contribution in [1.29, 1.82) is 0 Å². The summed E-state index contributed by atoms with van der Waals surface area (Å²) in [7, 11) is 0. The van der Waals surface area contributed by atoms with Crippen LogP contribution in [0.5, 0.6) is 11.5 Å². The molecule has 7 heteroatoms.